The van der Waals surface area contributed by atoms with E-state index >= 15 is 0 Å². The number of fused-ring (bicyclic) bond motifs is 1. The lowest BCUT2D eigenvalue weighted by molar-refractivity contribution is -0.304. The Hall–Kier alpha value is -3.02. The number of aryl methyl sites for hydroxylation is 1. The Morgan fingerprint density at radius 3 is 2.57 bits per heavy atom. The minimum absolute atomic E-state index is 0.0634. The topological polar surface area (TPSA) is 177 Å². The first-order valence-electron chi connectivity index (χ1n) is 9.04. The van der Waals surface area contributed by atoms with Crippen LogP contribution in [0.1, 0.15) is 19.4 Å². The number of amides is 1. The van der Waals surface area contributed by atoms with E-state index in [2.05, 4.69) is 0 Å². The van der Waals surface area contributed by atoms with Crippen molar-refractivity contribution in [3.8, 4) is 11.5 Å². The summed E-state index contributed by atoms with van der Waals surface area (Å²) in [6.07, 6.45) is -5.80. The van der Waals surface area contributed by atoms with Gasteiger partial charge in [0.2, 0.25) is 6.29 Å². The molecule has 6 N–H and O–H groups in total. The van der Waals surface area contributed by atoms with E-state index in [1.165, 1.54) is 19.2 Å². The summed E-state index contributed by atoms with van der Waals surface area (Å²) in [4.78, 5) is 23.1. The number of aliphatic hydroxyl groups is 1. The summed E-state index contributed by atoms with van der Waals surface area (Å²) in [5, 5.41) is 21.0. The predicted molar refractivity (Wildman–Crippen MR) is 104 cm³/mol. The maximum atomic E-state index is 11.8. The number of anilines is 1. The van der Waals surface area contributed by atoms with E-state index in [0.29, 0.717) is 5.56 Å². The van der Waals surface area contributed by atoms with Crippen molar-refractivity contribution in [3.05, 3.63) is 28.1 Å². The van der Waals surface area contributed by atoms with E-state index in [9.17, 15) is 19.8 Å². The zero-order valence-corrected chi connectivity index (χ0v) is 16.9. The number of ether oxygens (including phenoxy) is 4. The van der Waals surface area contributed by atoms with Gasteiger partial charge in [0, 0.05) is 12.7 Å². The van der Waals surface area contributed by atoms with E-state index in [4.69, 9.17) is 34.8 Å². The van der Waals surface area contributed by atoms with Gasteiger partial charge in [-0.25, -0.2) is 9.59 Å². The first-order valence-corrected chi connectivity index (χ1v) is 9.04. The summed E-state index contributed by atoms with van der Waals surface area (Å²) in [5.74, 6) is -0.202. The summed E-state index contributed by atoms with van der Waals surface area (Å²) in [7, 11) is 1.38. The molecule has 1 fully saturated rings. The highest BCUT2D eigenvalue weighted by Crippen LogP contribution is 2.37. The molecule has 0 radical (unpaired) electrons. The number of nitrogen functional groups attached to an aromatic ring is 1. The number of carbonyl (C=O) groups is 1. The van der Waals surface area contributed by atoms with Crippen LogP contribution in [0, 0.1) is 6.92 Å². The van der Waals surface area contributed by atoms with Crippen molar-refractivity contribution in [1.29, 1.82) is 0 Å². The third-order valence-electron chi connectivity index (χ3n) is 5.05. The lowest BCUT2D eigenvalue weighted by atomic mass is 9.89. The molecule has 1 saturated heterocycles. The second-order valence-electron chi connectivity index (χ2n) is 7.47. The molecular formula is C19H24N2O9. The second kappa shape index (κ2) is 7.67. The van der Waals surface area contributed by atoms with E-state index < -0.39 is 53.4 Å². The summed E-state index contributed by atoms with van der Waals surface area (Å²) >= 11 is 0. The average molecular weight is 424 g/mol. The Labute approximate surface area is 171 Å². The van der Waals surface area contributed by atoms with Crippen LogP contribution in [0.3, 0.4) is 0 Å². The molecule has 164 valence electrons. The van der Waals surface area contributed by atoms with Gasteiger partial charge >= 0.3 is 11.7 Å². The smallest absolute Gasteiger partial charge is 0.404 e. The van der Waals surface area contributed by atoms with Crippen LogP contribution in [-0.4, -0.2) is 53.6 Å². The fourth-order valence-corrected chi connectivity index (χ4v) is 3.58. The van der Waals surface area contributed by atoms with Crippen molar-refractivity contribution in [3.63, 3.8) is 0 Å². The van der Waals surface area contributed by atoms with Crippen LogP contribution < -0.4 is 21.8 Å². The standard InChI is InChI=1S/C19H24N2O9/c1-7-9(6-5-8-11(22)10(20)16(24)28-13(7)8)27-17-12(23)14(29-18(21)25)15(26-4)19(2,3)30-17/h5-6,12,14-15,17,22-23H,20H2,1-4H3,(H2,21,25)/t12-,14+,15+,17-/m1/s1. The van der Waals surface area contributed by atoms with Gasteiger partial charge < -0.3 is 45.0 Å². The molecule has 1 aliphatic heterocycles. The van der Waals surface area contributed by atoms with E-state index in [-0.39, 0.29) is 16.7 Å². The molecule has 0 saturated carbocycles. The number of carbonyl (C=O) groups excluding carboxylic acids is 1. The molecule has 11 nitrogen and oxygen atoms in total. The molecule has 2 heterocycles. The Morgan fingerprint density at radius 2 is 1.97 bits per heavy atom. The second-order valence-corrected chi connectivity index (χ2v) is 7.47. The molecule has 1 amide bonds. The minimum Gasteiger partial charge on any atom is -0.505 e. The number of primary amides is 1. The van der Waals surface area contributed by atoms with E-state index in [0.717, 1.165) is 0 Å². The average Bonchev–Trinajstić information content (AvgIpc) is 2.66. The van der Waals surface area contributed by atoms with Gasteiger partial charge in [-0.3, -0.25) is 0 Å². The first-order chi connectivity index (χ1) is 14.0. The van der Waals surface area contributed by atoms with E-state index in [1.807, 2.05) is 0 Å². The van der Waals surface area contributed by atoms with Crippen molar-refractivity contribution >= 4 is 22.7 Å². The number of aromatic hydroxyl groups is 1. The molecule has 0 unspecified atom stereocenters. The number of rotatable bonds is 4. The summed E-state index contributed by atoms with van der Waals surface area (Å²) in [6, 6.07) is 2.94. The van der Waals surface area contributed by atoms with Crippen molar-refractivity contribution in [2.24, 2.45) is 5.73 Å². The van der Waals surface area contributed by atoms with Gasteiger partial charge in [0.15, 0.2) is 23.6 Å². The molecule has 1 aromatic heterocycles. The number of hydrogen-bond donors (Lipinski definition) is 4. The number of benzene rings is 1. The van der Waals surface area contributed by atoms with Gasteiger partial charge in [0.05, 0.1) is 11.0 Å². The highest BCUT2D eigenvalue weighted by atomic mass is 16.7. The first kappa shape index (κ1) is 21.7. The molecule has 0 aliphatic carbocycles. The van der Waals surface area contributed by atoms with E-state index in [1.54, 1.807) is 20.8 Å². The third kappa shape index (κ3) is 3.62. The SMILES string of the molecule is CO[C@H]1[C@@H](OC(N)=O)[C@@H](O)[C@H](Oc2ccc3c(O)c(N)c(=O)oc3c2C)OC1(C)C. The van der Waals surface area contributed by atoms with Gasteiger partial charge in [0.1, 0.15) is 17.4 Å². The maximum absolute atomic E-state index is 11.8. The van der Waals surface area contributed by atoms with Gasteiger partial charge in [-0.05, 0) is 32.9 Å². The fraction of sp³-hybridized carbons (Fsp3) is 0.474. The predicted octanol–water partition coefficient (Wildman–Crippen LogP) is 0.743. The molecular weight excluding hydrogens is 400 g/mol. The molecule has 11 heteroatoms. The maximum Gasteiger partial charge on any atom is 0.404 e. The lowest BCUT2D eigenvalue weighted by Gasteiger charge is -2.47. The van der Waals surface area contributed by atoms with Crippen molar-refractivity contribution in [1.82, 2.24) is 0 Å². The van der Waals surface area contributed by atoms with Crippen LogP contribution in [0.2, 0.25) is 0 Å². The highest BCUT2D eigenvalue weighted by molar-refractivity contribution is 5.90. The Bertz CT molecular complexity index is 1030. The van der Waals surface area contributed by atoms with Crippen LogP contribution in [-0.2, 0) is 14.2 Å². The van der Waals surface area contributed by atoms with Crippen LogP contribution in [0.4, 0.5) is 10.5 Å². The van der Waals surface area contributed by atoms with Gasteiger partial charge in [0.25, 0.3) is 0 Å². The Kier molecular flexibility index (Phi) is 5.54. The summed E-state index contributed by atoms with van der Waals surface area (Å²) in [5.41, 5.74) is 8.74. The number of hydrogen-bond acceptors (Lipinski definition) is 10. The summed E-state index contributed by atoms with van der Waals surface area (Å²) < 4.78 is 27.2. The molecule has 1 aromatic carbocycles. The summed E-state index contributed by atoms with van der Waals surface area (Å²) in [6.45, 7) is 4.94. The van der Waals surface area contributed by atoms with Crippen LogP contribution in [0.25, 0.3) is 11.0 Å². The number of methoxy groups -OCH3 is 1. The minimum atomic E-state index is -1.45. The van der Waals surface area contributed by atoms with Gasteiger partial charge in [-0.2, -0.15) is 0 Å². The molecule has 4 atom stereocenters. The van der Waals surface area contributed by atoms with Crippen LogP contribution >= 0.6 is 0 Å². The fourth-order valence-electron chi connectivity index (χ4n) is 3.58. The molecule has 30 heavy (non-hydrogen) atoms. The number of nitrogens with two attached hydrogens (primary N) is 2. The Morgan fingerprint density at radius 1 is 1.30 bits per heavy atom. The zero-order chi connectivity index (χ0) is 22.4. The monoisotopic (exact) mass is 424 g/mol. The van der Waals surface area contributed by atoms with Crippen LogP contribution in [0.5, 0.6) is 11.5 Å². The lowest BCUT2D eigenvalue weighted by Crippen LogP contribution is -2.65. The van der Waals surface area contributed by atoms with Crippen molar-refractivity contribution in [2.45, 2.75) is 51.0 Å². The van der Waals surface area contributed by atoms with Crippen molar-refractivity contribution in [2.75, 3.05) is 12.8 Å². The molecule has 0 spiro atoms. The van der Waals surface area contributed by atoms with Crippen molar-refractivity contribution < 1.29 is 38.4 Å². The van der Waals surface area contributed by atoms with Gasteiger partial charge in [-0.1, -0.05) is 0 Å². The molecule has 0 bridgehead atoms. The number of aliphatic hydroxyl groups excluding tert-OH is 1. The zero-order valence-electron chi connectivity index (χ0n) is 16.9. The third-order valence-corrected chi connectivity index (χ3v) is 5.05. The molecule has 2 aromatic rings. The van der Waals surface area contributed by atoms with Crippen LogP contribution in [0.15, 0.2) is 21.3 Å². The highest BCUT2D eigenvalue weighted by Gasteiger charge is 2.53. The molecule has 1 aliphatic rings. The largest absolute Gasteiger partial charge is 0.505 e. The van der Waals surface area contributed by atoms with Gasteiger partial charge in [-0.15, -0.1) is 0 Å². The Balaban J connectivity index is 1.99. The normalized spacial score (nSPS) is 25.8. The quantitative estimate of drug-likeness (QED) is 0.512. The molecule has 3 rings (SSSR count).